The maximum Gasteiger partial charge on any atom is 0.257 e. The number of aromatic nitrogens is 1. The molecule has 3 heterocycles. The molecule has 2 atom stereocenters. The fourth-order valence-corrected chi connectivity index (χ4v) is 4.02. The van der Waals surface area contributed by atoms with Crippen molar-refractivity contribution in [2.24, 2.45) is 11.3 Å². The van der Waals surface area contributed by atoms with E-state index in [0.29, 0.717) is 24.0 Å². The fourth-order valence-electron chi connectivity index (χ4n) is 4.02. The standard InChI is InChI=1S/C18H20N2O3/c21-17(14-6-9-22-11-14)20-10-15-4-3-7-18(15,12-20)13-23-16-5-1-2-8-19-16/h1-2,5-6,8-9,11,15H,3-4,7,10,12-13H2/t15-,18+/m1/s1. The van der Waals surface area contributed by atoms with E-state index in [-0.39, 0.29) is 11.3 Å². The highest BCUT2D eigenvalue weighted by Gasteiger charge is 2.51. The van der Waals surface area contributed by atoms with Crippen LogP contribution in [-0.4, -0.2) is 35.5 Å². The van der Waals surface area contributed by atoms with Gasteiger partial charge in [-0.15, -0.1) is 0 Å². The average molecular weight is 312 g/mol. The monoisotopic (exact) mass is 312 g/mol. The highest BCUT2D eigenvalue weighted by atomic mass is 16.5. The Morgan fingerprint density at radius 1 is 1.43 bits per heavy atom. The van der Waals surface area contributed by atoms with Crippen molar-refractivity contribution in [1.29, 1.82) is 0 Å². The first-order valence-corrected chi connectivity index (χ1v) is 8.12. The minimum atomic E-state index is 0.0605. The molecule has 2 aromatic rings. The van der Waals surface area contributed by atoms with Crippen LogP contribution < -0.4 is 4.74 Å². The van der Waals surface area contributed by atoms with Gasteiger partial charge in [-0.2, -0.15) is 0 Å². The molecule has 1 saturated carbocycles. The Kier molecular flexibility index (Phi) is 3.56. The molecule has 1 aliphatic carbocycles. The van der Waals surface area contributed by atoms with Gasteiger partial charge in [0.25, 0.3) is 5.91 Å². The second kappa shape index (κ2) is 5.72. The highest BCUT2D eigenvalue weighted by molar-refractivity contribution is 5.94. The number of hydrogen-bond acceptors (Lipinski definition) is 4. The molecule has 2 aromatic heterocycles. The number of furan rings is 1. The number of likely N-dealkylation sites (tertiary alicyclic amines) is 1. The summed E-state index contributed by atoms with van der Waals surface area (Å²) in [5.41, 5.74) is 0.697. The zero-order valence-corrected chi connectivity index (χ0v) is 13.0. The van der Waals surface area contributed by atoms with E-state index in [4.69, 9.17) is 9.15 Å². The molecule has 0 radical (unpaired) electrons. The summed E-state index contributed by atoms with van der Waals surface area (Å²) in [6, 6.07) is 7.41. The molecule has 1 aliphatic heterocycles. The van der Waals surface area contributed by atoms with Crippen molar-refractivity contribution in [2.45, 2.75) is 19.3 Å². The van der Waals surface area contributed by atoms with Crippen LogP contribution in [0, 0.1) is 11.3 Å². The third kappa shape index (κ3) is 2.60. The molecule has 1 amide bonds. The van der Waals surface area contributed by atoms with E-state index in [9.17, 15) is 4.79 Å². The Bertz CT molecular complexity index is 671. The van der Waals surface area contributed by atoms with Gasteiger partial charge in [0, 0.05) is 30.8 Å². The van der Waals surface area contributed by atoms with Crippen molar-refractivity contribution < 1.29 is 13.9 Å². The summed E-state index contributed by atoms with van der Waals surface area (Å²) in [6.07, 6.45) is 8.30. The molecule has 5 heteroatoms. The van der Waals surface area contributed by atoms with E-state index < -0.39 is 0 Å². The number of carbonyl (C=O) groups excluding carboxylic acids is 1. The van der Waals surface area contributed by atoms with E-state index >= 15 is 0 Å². The van der Waals surface area contributed by atoms with E-state index in [1.54, 1.807) is 18.5 Å². The molecule has 0 unspecified atom stereocenters. The quantitative estimate of drug-likeness (QED) is 0.871. The first-order chi connectivity index (χ1) is 11.3. The van der Waals surface area contributed by atoms with Gasteiger partial charge in [0.2, 0.25) is 5.88 Å². The SMILES string of the molecule is O=C(c1ccoc1)N1C[C@H]2CCC[C@@]2(COc2ccccn2)C1. The molecule has 5 nitrogen and oxygen atoms in total. The lowest BCUT2D eigenvalue weighted by molar-refractivity contribution is 0.0744. The van der Waals surface area contributed by atoms with Gasteiger partial charge >= 0.3 is 0 Å². The molecular formula is C18H20N2O3. The van der Waals surface area contributed by atoms with E-state index in [1.165, 1.54) is 19.1 Å². The summed E-state index contributed by atoms with van der Waals surface area (Å²) < 4.78 is 11.0. The molecule has 0 aromatic carbocycles. The average Bonchev–Trinajstić information content (AvgIpc) is 3.29. The van der Waals surface area contributed by atoms with Crippen LogP contribution in [0.15, 0.2) is 47.4 Å². The van der Waals surface area contributed by atoms with Gasteiger partial charge in [0.05, 0.1) is 18.4 Å². The number of pyridine rings is 1. The second-order valence-corrected chi connectivity index (χ2v) is 6.61. The molecular weight excluding hydrogens is 292 g/mol. The van der Waals surface area contributed by atoms with Gasteiger partial charge < -0.3 is 14.1 Å². The lowest BCUT2D eigenvalue weighted by Crippen LogP contribution is -2.35. The number of amides is 1. The molecule has 0 bridgehead atoms. The molecule has 23 heavy (non-hydrogen) atoms. The van der Waals surface area contributed by atoms with Crippen molar-refractivity contribution in [3.05, 3.63) is 48.6 Å². The minimum absolute atomic E-state index is 0.0605. The molecule has 1 saturated heterocycles. The van der Waals surface area contributed by atoms with Crippen molar-refractivity contribution in [3.63, 3.8) is 0 Å². The Morgan fingerprint density at radius 3 is 3.17 bits per heavy atom. The van der Waals surface area contributed by atoms with Crippen LogP contribution in [0.4, 0.5) is 0 Å². The number of nitrogens with zero attached hydrogens (tertiary/aromatic N) is 2. The molecule has 0 N–H and O–H groups in total. The van der Waals surface area contributed by atoms with Crippen LogP contribution in [0.2, 0.25) is 0 Å². The van der Waals surface area contributed by atoms with Crippen LogP contribution in [-0.2, 0) is 0 Å². The predicted molar refractivity (Wildman–Crippen MR) is 84.1 cm³/mol. The molecule has 4 rings (SSSR count). The molecule has 2 aliphatic rings. The van der Waals surface area contributed by atoms with Crippen molar-refractivity contribution >= 4 is 5.91 Å². The van der Waals surface area contributed by atoms with Crippen LogP contribution in [0.3, 0.4) is 0 Å². The van der Waals surface area contributed by atoms with Crippen LogP contribution in [0.1, 0.15) is 29.6 Å². The summed E-state index contributed by atoms with van der Waals surface area (Å²) >= 11 is 0. The predicted octanol–water partition coefficient (Wildman–Crippen LogP) is 3.00. The van der Waals surface area contributed by atoms with E-state index in [0.717, 1.165) is 19.5 Å². The second-order valence-electron chi connectivity index (χ2n) is 6.61. The Hall–Kier alpha value is -2.30. The maximum absolute atomic E-state index is 12.6. The van der Waals surface area contributed by atoms with Crippen LogP contribution >= 0.6 is 0 Å². The summed E-state index contributed by atoms with van der Waals surface area (Å²) in [5, 5.41) is 0. The first-order valence-electron chi connectivity index (χ1n) is 8.12. The fraction of sp³-hybridized carbons (Fsp3) is 0.444. The van der Waals surface area contributed by atoms with Crippen molar-refractivity contribution in [1.82, 2.24) is 9.88 Å². The zero-order valence-electron chi connectivity index (χ0n) is 13.0. The molecule has 2 fully saturated rings. The number of fused-ring (bicyclic) bond motifs is 1. The van der Waals surface area contributed by atoms with Crippen molar-refractivity contribution in [2.75, 3.05) is 19.7 Å². The van der Waals surface area contributed by atoms with E-state index in [1.807, 2.05) is 23.1 Å². The van der Waals surface area contributed by atoms with Gasteiger partial charge in [0.1, 0.15) is 6.26 Å². The lowest BCUT2D eigenvalue weighted by atomic mass is 9.81. The summed E-state index contributed by atoms with van der Waals surface area (Å²) in [7, 11) is 0. The van der Waals surface area contributed by atoms with Gasteiger partial charge in [-0.25, -0.2) is 4.98 Å². The highest BCUT2D eigenvalue weighted by Crippen LogP contribution is 2.49. The lowest BCUT2D eigenvalue weighted by Gasteiger charge is -2.28. The number of hydrogen-bond donors (Lipinski definition) is 0. The molecule has 120 valence electrons. The smallest absolute Gasteiger partial charge is 0.257 e. The number of carbonyl (C=O) groups is 1. The van der Waals surface area contributed by atoms with Gasteiger partial charge in [-0.05, 0) is 30.9 Å². The number of rotatable bonds is 4. The molecule has 0 spiro atoms. The summed E-state index contributed by atoms with van der Waals surface area (Å²) in [5.74, 6) is 1.24. The van der Waals surface area contributed by atoms with Crippen molar-refractivity contribution in [3.8, 4) is 5.88 Å². The zero-order chi connectivity index (χ0) is 15.7. The normalized spacial score (nSPS) is 26.3. The maximum atomic E-state index is 12.6. The Morgan fingerprint density at radius 2 is 2.39 bits per heavy atom. The third-order valence-electron chi connectivity index (χ3n) is 5.24. The third-order valence-corrected chi connectivity index (χ3v) is 5.24. The van der Waals surface area contributed by atoms with Gasteiger partial charge in [0.15, 0.2) is 0 Å². The number of ether oxygens (including phenoxy) is 1. The largest absolute Gasteiger partial charge is 0.477 e. The van der Waals surface area contributed by atoms with E-state index in [2.05, 4.69) is 4.98 Å². The Labute approximate surface area is 135 Å². The van der Waals surface area contributed by atoms with Gasteiger partial charge in [-0.1, -0.05) is 12.5 Å². The van der Waals surface area contributed by atoms with Crippen LogP contribution in [0.25, 0.3) is 0 Å². The summed E-state index contributed by atoms with van der Waals surface area (Å²) in [4.78, 5) is 18.8. The minimum Gasteiger partial charge on any atom is -0.477 e. The Balaban J connectivity index is 1.47. The first kappa shape index (κ1) is 14.3. The van der Waals surface area contributed by atoms with Crippen LogP contribution in [0.5, 0.6) is 5.88 Å². The van der Waals surface area contributed by atoms with Gasteiger partial charge in [-0.3, -0.25) is 4.79 Å². The topological polar surface area (TPSA) is 55.6 Å². The summed E-state index contributed by atoms with van der Waals surface area (Å²) in [6.45, 7) is 2.20.